The summed E-state index contributed by atoms with van der Waals surface area (Å²) >= 11 is 0. The molecule has 94 valence electrons. The molecular formula is C13H14FN3O. The van der Waals surface area contributed by atoms with Gasteiger partial charge in [-0.1, -0.05) is 0 Å². The topological polar surface area (TPSA) is 46.9 Å². The largest absolute Gasteiger partial charge is 0.315 e. The number of rotatable bonds is 1. The number of piperidine rings is 1. The van der Waals surface area contributed by atoms with Crippen LogP contribution in [0.5, 0.6) is 0 Å². The Hall–Kier alpha value is -1.75. The Bertz CT molecular complexity index is 632. The molecule has 1 aromatic heterocycles. The second-order valence-electron chi connectivity index (χ2n) is 4.62. The molecule has 0 aliphatic carbocycles. The predicted octanol–water partition coefficient (Wildman–Crippen LogP) is 1.46. The molecule has 1 fully saturated rings. The van der Waals surface area contributed by atoms with Gasteiger partial charge in [-0.2, -0.15) is 0 Å². The lowest BCUT2D eigenvalue weighted by atomic mass is 10.1. The fourth-order valence-electron chi connectivity index (χ4n) is 2.44. The Morgan fingerprint density at radius 1 is 1.44 bits per heavy atom. The van der Waals surface area contributed by atoms with Gasteiger partial charge < -0.3 is 5.32 Å². The Kier molecular flexibility index (Phi) is 2.83. The second kappa shape index (κ2) is 4.49. The standard InChI is InChI=1S/C13H14FN3O/c14-9-3-4-12-11(6-9)13(18)17(8-16-12)10-2-1-5-15-7-10/h3-4,6,8,10,15H,1-2,5,7H2. The minimum atomic E-state index is -0.402. The zero-order valence-electron chi connectivity index (χ0n) is 9.90. The summed E-state index contributed by atoms with van der Waals surface area (Å²) < 4.78 is 14.8. The number of aromatic nitrogens is 2. The Labute approximate surface area is 103 Å². The van der Waals surface area contributed by atoms with E-state index in [9.17, 15) is 9.18 Å². The van der Waals surface area contributed by atoms with Gasteiger partial charge in [0.25, 0.3) is 5.56 Å². The van der Waals surface area contributed by atoms with Gasteiger partial charge >= 0.3 is 0 Å². The van der Waals surface area contributed by atoms with Gasteiger partial charge in [-0.15, -0.1) is 0 Å². The van der Waals surface area contributed by atoms with Crippen LogP contribution >= 0.6 is 0 Å². The highest BCUT2D eigenvalue weighted by Gasteiger charge is 2.17. The van der Waals surface area contributed by atoms with Gasteiger partial charge in [0.1, 0.15) is 5.82 Å². The van der Waals surface area contributed by atoms with E-state index < -0.39 is 5.82 Å². The van der Waals surface area contributed by atoms with Gasteiger partial charge in [0.15, 0.2) is 0 Å². The Morgan fingerprint density at radius 2 is 2.33 bits per heavy atom. The molecule has 1 N–H and O–H groups in total. The van der Waals surface area contributed by atoms with E-state index >= 15 is 0 Å². The van der Waals surface area contributed by atoms with Crippen molar-refractivity contribution >= 4 is 10.9 Å². The van der Waals surface area contributed by atoms with Crippen LogP contribution in [-0.2, 0) is 0 Å². The number of fused-ring (bicyclic) bond motifs is 1. The van der Waals surface area contributed by atoms with Crippen LogP contribution in [0.4, 0.5) is 4.39 Å². The summed E-state index contributed by atoms with van der Waals surface area (Å²) in [5.41, 5.74) is 0.384. The average molecular weight is 247 g/mol. The first-order valence-corrected chi connectivity index (χ1v) is 6.13. The molecule has 1 atom stereocenters. The first kappa shape index (κ1) is 11.3. The van der Waals surface area contributed by atoms with Crippen LogP contribution < -0.4 is 10.9 Å². The monoisotopic (exact) mass is 247 g/mol. The first-order chi connectivity index (χ1) is 8.75. The van der Waals surface area contributed by atoms with Gasteiger partial charge in [0, 0.05) is 6.54 Å². The van der Waals surface area contributed by atoms with Crippen LogP contribution in [0.3, 0.4) is 0 Å². The van der Waals surface area contributed by atoms with Gasteiger partial charge in [0.05, 0.1) is 23.3 Å². The second-order valence-corrected chi connectivity index (χ2v) is 4.62. The number of nitrogens with zero attached hydrogens (tertiary/aromatic N) is 2. The van der Waals surface area contributed by atoms with E-state index in [4.69, 9.17) is 0 Å². The van der Waals surface area contributed by atoms with Crippen LogP contribution in [-0.4, -0.2) is 22.6 Å². The van der Waals surface area contributed by atoms with Gasteiger partial charge in [-0.05, 0) is 37.6 Å². The van der Waals surface area contributed by atoms with Crippen molar-refractivity contribution in [2.75, 3.05) is 13.1 Å². The maximum absolute atomic E-state index is 13.2. The molecule has 0 amide bonds. The van der Waals surface area contributed by atoms with Crippen molar-refractivity contribution in [3.05, 3.63) is 40.7 Å². The van der Waals surface area contributed by atoms with Crippen LogP contribution in [0.15, 0.2) is 29.3 Å². The molecule has 2 heterocycles. The lowest BCUT2D eigenvalue weighted by Crippen LogP contribution is -2.36. The summed E-state index contributed by atoms with van der Waals surface area (Å²) in [4.78, 5) is 16.5. The highest BCUT2D eigenvalue weighted by atomic mass is 19.1. The van der Waals surface area contributed by atoms with Crippen LogP contribution in [0.25, 0.3) is 10.9 Å². The van der Waals surface area contributed by atoms with Crippen LogP contribution in [0.2, 0.25) is 0 Å². The molecular weight excluding hydrogens is 233 g/mol. The molecule has 2 aromatic rings. The van der Waals surface area contributed by atoms with Crippen molar-refractivity contribution < 1.29 is 4.39 Å². The minimum absolute atomic E-state index is 0.117. The van der Waals surface area contributed by atoms with Crippen molar-refractivity contribution in [3.63, 3.8) is 0 Å². The molecule has 1 aliphatic rings. The third kappa shape index (κ3) is 1.90. The van der Waals surface area contributed by atoms with E-state index in [2.05, 4.69) is 10.3 Å². The third-order valence-electron chi connectivity index (χ3n) is 3.41. The number of benzene rings is 1. The molecule has 5 heteroatoms. The summed E-state index contributed by atoms with van der Waals surface area (Å²) in [7, 11) is 0. The summed E-state index contributed by atoms with van der Waals surface area (Å²) in [6.45, 7) is 1.75. The molecule has 0 bridgehead atoms. The number of hydrogen-bond donors (Lipinski definition) is 1. The maximum atomic E-state index is 13.2. The SMILES string of the molecule is O=c1c2cc(F)ccc2ncn1C1CCCNC1. The van der Waals surface area contributed by atoms with E-state index in [1.54, 1.807) is 10.9 Å². The molecule has 4 nitrogen and oxygen atoms in total. The molecule has 0 saturated carbocycles. The zero-order valence-corrected chi connectivity index (χ0v) is 9.90. The summed E-state index contributed by atoms with van der Waals surface area (Å²) in [5.74, 6) is -0.402. The van der Waals surface area contributed by atoms with Crippen molar-refractivity contribution in [2.24, 2.45) is 0 Å². The number of nitrogens with one attached hydrogen (secondary N) is 1. The quantitative estimate of drug-likeness (QED) is 0.830. The fraction of sp³-hybridized carbons (Fsp3) is 0.385. The minimum Gasteiger partial charge on any atom is -0.315 e. The molecule has 1 aromatic carbocycles. The van der Waals surface area contributed by atoms with E-state index in [0.29, 0.717) is 10.9 Å². The van der Waals surface area contributed by atoms with E-state index in [1.807, 2.05) is 0 Å². The normalized spacial score (nSPS) is 20.2. The Balaban J connectivity index is 2.13. The van der Waals surface area contributed by atoms with E-state index in [-0.39, 0.29) is 11.6 Å². The lowest BCUT2D eigenvalue weighted by molar-refractivity contribution is 0.363. The Morgan fingerprint density at radius 3 is 3.11 bits per heavy atom. The van der Waals surface area contributed by atoms with Gasteiger partial charge in [-0.3, -0.25) is 9.36 Å². The predicted molar refractivity (Wildman–Crippen MR) is 67.1 cm³/mol. The van der Waals surface area contributed by atoms with Crippen molar-refractivity contribution in [1.82, 2.24) is 14.9 Å². The highest BCUT2D eigenvalue weighted by Crippen LogP contribution is 2.16. The molecule has 1 aliphatic heterocycles. The van der Waals surface area contributed by atoms with E-state index in [1.165, 1.54) is 18.2 Å². The van der Waals surface area contributed by atoms with Crippen LogP contribution in [0.1, 0.15) is 18.9 Å². The summed E-state index contributed by atoms with van der Waals surface area (Å²) in [5, 5.41) is 3.61. The smallest absolute Gasteiger partial charge is 0.261 e. The highest BCUT2D eigenvalue weighted by molar-refractivity contribution is 5.77. The van der Waals surface area contributed by atoms with Crippen molar-refractivity contribution in [2.45, 2.75) is 18.9 Å². The van der Waals surface area contributed by atoms with E-state index in [0.717, 1.165) is 25.9 Å². The molecule has 3 rings (SSSR count). The third-order valence-corrected chi connectivity index (χ3v) is 3.41. The van der Waals surface area contributed by atoms with Crippen molar-refractivity contribution in [1.29, 1.82) is 0 Å². The average Bonchev–Trinajstić information content (AvgIpc) is 2.41. The zero-order chi connectivity index (χ0) is 12.5. The lowest BCUT2D eigenvalue weighted by Gasteiger charge is -2.24. The molecule has 0 spiro atoms. The maximum Gasteiger partial charge on any atom is 0.261 e. The van der Waals surface area contributed by atoms with Crippen LogP contribution in [0, 0.1) is 5.82 Å². The molecule has 0 radical (unpaired) electrons. The summed E-state index contributed by atoms with van der Waals surface area (Å²) in [6.07, 6.45) is 3.56. The number of hydrogen-bond acceptors (Lipinski definition) is 3. The molecule has 1 unspecified atom stereocenters. The van der Waals surface area contributed by atoms with Gasteiger partial charge in [0.2, 0.25) is 0 Å². The van der Waals surface area contributed by atoms with Crippen molar-refractivity contribution in [3.8, 4) is 0 Å². The molecule has 1 saturated heterocycles. The summed E-state index contributed by atoms with van der Waals surface area (Å²) in [6, 6.07) is 4.24. The molecule has 18 heavy (non-hydrogen) atoms. The fourth-order valence-corrected chi connectivity index (χ4v) is 2.44. The van der Waals surface area contributed by atoms with Gasteiger partial charge in [-0.25, -0.2) is 9.37 Å². The number of halogens is 1. The first-order valence-electron chi connectivity index (χ1n) is 6.13.